The normalized spacial score (nSPS) is 15.1. The van der Waals surface area contributed by atoms with Crippen LogP contribution in [-0.2, 0) is 0 Å². The molecule has 0 bridgehead atoms. The molecule has 2 rings (SSSR count). The lowest BCUT2D eigenvalue weighted by atomic mass is 9.89. The van der Waals surface area contributed by atoms with Crippen LogP contribution >= 0.6 is 0 Å². The lowest BCUT2D eigenvalue weighted by molar-refractivity contribution is 0.0943. The maximum atomic E-state index is 12.2. The molecule has 0 saturated heterocycles. The van der Waals surface area contributed by atoms with Gasteiger partial charge >= 0.3 is 0 Å². The largest absolute Gasteiger partial charge is 0.395 e. The summed E-state index contributed by atoms with van der Waals surface area (Å²) in [6.07, 6.45) is 6.82. The van der Waals surface area contributed by atoms with Crippen LogP contribution in [0.3, 0.4) is 0 Å². The fourth-order valence-corrected chi connectivity index (χ4v) is 2.69. The van der Waals surface area contributed by atoms with Crippen molar-refractivity contribution in [1.29, 1.82) is 0 Å². The van der Waals surface area contributed by atoms with Crippen molar-refractivity contribution in [3.8, 4) is 11.8 Å². The Labute approximate surface area is 126 Å². The standard InChI is InChI=1S/C18H23NO2/c20-12-5-4-7-15-10-6-11-17(13-15)18(21)19-14-16-8-2-1-3-9-16/h6,10-11,13,16,20H,1-3,5,8-9,12,14H2,(H,19,21). The summed E-state index contributed by atoms with van der Waals surface area (Å²) in [6.45, 7) is 0.841. The van der Waals surface area contributed by atoms with E-state index in [0.29, 0.717) is 17.9 Å². The monoisotopic (exact) mass is 285 g/mol. The van der Waals surface area contributed by atoms with E-state index in [1.165, 1.54) is 32.1 Å². The first kappa shape index (κ1) is 15.6. The molecular weight excluding hydrogens is 262 g/mol. The molecule has 2 N–H and O–H groups in total. The lowest BCUT2D eigenvalue weighted by Gasteiger charge is -2.21. The molecule has 0 heterocycles. The zero-order valence-corrected chi connectivity index (χ0v) is 12.4. The van der Waals surface area contributed by atoms with E-state index in [1.807, 2.05) is 18.2 Å². The summed E-state index contributed by atoms with van der Waals surface area (Å²) < 4.78 is 0. The van der Waals surface area contributed by atoms with E-state index in [4.69, 9.17) is 5.11 Å². The van der Waals surface area contributed by atoms with Crippen LogP contribution in [-0.4, -0.2) is 24.2 Å². The molecule has 1 fully saturated rings. The van der Waals surface area contributed by atoms with Gasteiger partial charge in [0.1, 0.15) is 0 Å². The number of hydrogen-bond donors (Lipinski definition) is 2. The summed E-state index contributed by atoms with van der Waals surface area (Å²) in [5, 5.41) is 11.8. The van der Waals surface area contributed by atoms with Gasteiger partial charge in [0.2, 0.25) is 0 Å². The number of carbonyl (C=O) groups is 1. The highest BCUT2D eigenvalue weighted by atomic mass is 16.2. The van der Waals surface area contributed by atoms with E-state index < -0.39 is 0 Å². The van der Waals surface area contributed by atoms with Gasteiger partial charge in [-0.2, -0.15) is 0 Å². The number of carbonyl (C=O) groups excluding carboxylic acids is 1. The maximum absolute atomic E-state index is 12.2. The Bertz CT molecular complexity index is 522. The Morgan fingerprint density at radius 3 is 2.86 bits per heavy atom. The molecule has 0 radical (unpaired) electrons. The van der Waals surface area contributed by atoms with E-state index in [1.54, 1.807) is 6.07 Å². The molecule has 1 aliphatic carbocycles. The van der Waals surface area contributed by atoms with Gasteiger partial charge in [-0.25, -0.2) is 0 Å². The summed E-state index contributed by atoms with van der Waals surface area (Å²) >= 11 is 0. The Morgan fingerprint density at radius 2 is 2.10 bits per heavy atom. The second kappa shape index (κ2) is 8.49. The lowest BCUT2D eigenvalue weighted by Crippen LogP contribution is -2.30. The fourth-order valence-electron chi connectivity index (χ4n) is 2.69. The van der Waals surface area contributed by atoms with Gasteiger partial charge in [0.15, 0.2) is 0 Å². The first-order valence-electron chi connectivity index (χ1n) is 7.77. The SMILES string of the molecule is O=C(NCC1CCCCC1)c1cccc(C#CCCO)c1. The molecule has 0 atom stereocenters. The van der Waals surface area contributed by atoms with Crippen LogP contribution < -0.4 is 5.32 Å². The van der Waals surface area contributed by atoms with Gasteiger partial charge in [0, 0.05) is 24.1 Å². The maximum Gasteiger partial charge on any atom is 0.251 e. The number of aliphatic hydroxyl groups excluding tert-OH is 1. The highest BCUT2D eigenvalue weighted by Gasteiger charge is 2.14. The van der Waals surface area contributed by atoms with Crippen molar-refractivity contribution in [2.75, 3.05) is 13.2 Å². The Morgan fingerprint density at radius 1 is 1.29 bits per heavy atom. The van der Waals surface area contributed by atoms with E-state index in [9.17, 15) is 4.79 Å². The number of nitrogens with one attached hydrogen (secondary N) is 1. The van der Waals surface area contributed by atoms with Crippen molar-refractivity contribution in [3.63, 3.8) is 0 Å². The highest BCUT2D eigenvalue weighted by Crippen LogP contribution is 2.22. The second-order valence-corrected chi connectivity index (χ2v) is 5.57. The number of benzene rings is 1. The van der Waals surface area contributed by atoms with Gasteiger partial charge < -0.3 is 10.4 Å². The fraction of sp³-hybridized carbons (Fsp3) is 0.500. The van der Waals surface area contributed by atoms with Crippen molar-refractivity contribution in [1.82, 2.24) is 5.32 Å². The number of aliphatic hydroxyl groups is 1. The van der Waals surface area contributed by atoms with Gasteiger partial charge in [-0.05, 0) is 37.0 Å². The van der Waals surface area contributed by atoms with Gasteiger partial charge in [0.25, 0.3) is 5.91 Å². The summed E-state index contributed by atoms with van der Waals surface area (Å²) in [7, 11) is 0. The van der Waals surface area contributed by atoms with Crippen molar-refractivity contribution in [2.24, 2.45) is 5.92 Å². The third-order valence-electron chi connectivity index (χ3n) is 3.87. The van der Waals surface area contributed by atoms with Crippen molar-refractivity contribution >= 4 is 5.91 Å². The first-order valence-corrected chi connectivity index (χ1v) is 7.77. The molecule has 1 amide bonds. The third kappa shape index (κ3) is 5.24. The average Bonchev–Trinajstić information content (AvgIpc) is 2.54. The quantitative estimate of drug-likeness (QED) is 0.836. The van der Waals surface area contributed by atoms with Crippen molar-refractivity contribution < 1.29 is 9.90 Å². The summed E-state index contributed by atoms with van der Waals surface area (Å²) in [6, 6.07) is 7.34. The molecule has 0 unspecified atom stereocenters. The van der Waals surface area contributed by atoms with Crippen LogP contribution in [0.2, 0.25) is 0 Å². The van der Waals surface area contributed by atoms with Crippen molar-refractivity contribution in [3.05, 3.63) is 35.4 Å². The smallest absolute Gasteiger partial charge is 0.251 e. The molecule has 0 aliphatic heterocycles. The Balaban J connectivity index is 1.89. The van der Waals surface area contributed by atoms with Crippen LogP contribution in [0.4, 0.5) is 0 Å². The minimum atomic E-state index is -0.0219. The molecule has 3 nitrogen and oxygen atoms in total. The minimum Gasteiger partial charge on any atom is -0.395 e. The summed E-state index contributed by atoms with van der Waals surface area (Å²) in [4.78, 5) is 12.2. The van der Waals surface area contributed by atoms with Gasteiger partial charge in [-0.15, -0.1) is 0 Å². The van der Waals surface area contributed by atoms with Gasteiger partial charge in [0.05, 0.1) is 6.61 Å². The average molecular weight is 285 g/mol. The molecule has 0 aromatic heterocycles. The Kier molecular flexibility index (Phi) is 6.30. The van der Waals surface area contributed by atoms with E-state index in [2.05, 4.69) is 17.2 Å². The highest BCUT2D eigenvalue weighted by molar-refractivity contribution is 5.94. The Hall–Kier alpha value is -1.79. The molecule has 0 spiro atoms. The van der Waals surface area contributed by atoms with Crippen LogP contribution in [0.5, 0.6) is 0 Å². The van der Waals surface area contributed by atoms with Crippen LogP contribution in [0.25, 0.3) is 0 Å². The number of rotatable bonds is 4. The molecule has 21 heavy (non-hydrogen) atoms. The summed E-state index contributed by atoms with van der Waals surface area (Å²) in [5.41, 5.74) is 1.47. The molecule has 1 aliphatic rings. The number of hydrogen-bond acceptors (Lipinski definition) is 2. The van der Waals surface area contributed by atoms with E-state index >= 15 is 0 Å². The predicted octanol–water partition coefficient (Wildman–Crippen LogP) is 2.73. The van der Waals surface area contributed by atoms with E-state index in [-0.39, 0.29) is 12.5 Å². The molecule has 1 aromatic carbocycles. The van der Waals surface area contributed by atoms with Gasteiger partial charge in [-0.1, -0.05) is 37.2 Å². The van der Waals surface area contributed by atoms with Crippen LogP contribution in [0.1, 0.15) is 54.4 Å². The molecule has 1 saturated carbocycles. The first-order chi connectivity index (χ1) is 10.3. The molecule has 112 valence electrons. The van der Waals surface area contributed by atoms with Crippen LogP contribution in [0, 0.1) is 17.8 Å². The summed E-state index contributed by atoms with van der Waals surface area (Å²) in [5.74, 6) is 6.44. The van der Waals surface area contributed by atoms with Crippen molar-refractivity contribution in [2.45, 2.75) is 38.5 Å². The number of amides is 1. The van der Waals surface area contributed by atoms with Crippen LogP contribution in [0.15, 0.2) is 24.3 Å². The topological polar surface area (TPSA) is 49.3 Å². The second-order valence-electron chi connectivity index (χ2n) is 5.57. The molecule has 3 heteroatoms. The molecular formula is C18H23NO2. The predicted molar refractivity (Wildman–Crippen MR) is 83.9 cm³/mol. The zero-order valence-electron chi connectivity index (χ0n) is 12.4. The third-order valence-corrected chi connectivity index (χ3v) is 3.87. The molecule has 1 aromatic rings. The van der Waals surface area contributed by atoms with E-state index in [0.717, 1.165) is 12.1 Å². The zero-order chi connectivity index (χ0) is 14.9. The van der Waals surface area contributed by atoms with Gasteiger partial charge in [-0.3, -0.25) is 4.79 Å². The minimum absolute atomic E-state index is 0.0219.